The van der Waals surface area contributed by atoms with Gasteiger partial charge < -0.3 is 9.32 Å². The third-order valence-corrected chi connectivity index (χ3v) is 6.72. The Hall–Kier alpha value is -3.42. The van der Waals surface area contributed by atoms with Gasteiger partial charge in [-0.3, -0.25) is 4.90 Å². The van der Waals surface area contributed by atoms with Crippen LogP contribution in [0.15, 0.2) is 71.3 Å². The highest BCUT2D eigenvalue weighted by molar-refractivity contribution is 6.31. The third kappa shape index (κ3) is 3.53. The maximum Gasteiger partial charge on any atom is 0.213 e. The Bertz CT molecular complexity index is 1430. The Morgan fingerprint density at radius 3 is 2.67 bits per heavy atom. The minimum atomic E-state index is 0.321. The van der Waals surface area contributed by atoms with E-state index in [4.69, 9.17) is 21.0 Å². The van der Waals surface area contributed by atoms with E-state index in [1.807, 2.05) is 59.0 Å². The monoisotopic (exact) mass is 458 g/mol. The summed E-state index contributed by atoms with van der Waals surface area (Å²) in [5, 5.41) is 10.8. The average Bonchev–Trinajstić information content (AvgIpc) is 3.51. The molecule has 1 aliphatic rings. The highest BCUT2D eigenvalue weighted by atomic mass is 35.5. The molecule has 1 aliphatic heterocycles. The number of nitrogens with zero attached hydrogens (tertiary/aromatic N) is 6. The SMILES string of the molecule is C[C@H]1CN(c2nc3ccccc3c3nnc(-c4ccco4)n23)CCN1Cc1ccccc1Cl. The summed E-state index contributed by atoms with van der Waals surface area (Å²) in [6.07, 6.45) is 1.65. The molecule has 2 aromatic carbocycles. The number of aromatic nitrogens is 4. The van der Waals surface area contributed by atoms with Crippen LogP contribution in [0.3, 0.4) is 0 Å². The lowest BCUT2D eigenvalue weighted by Gasteiger charge is -2.40. The van der Waals surface area contributed by atoms with E-state index < -0.39 is 0 Å². The van der Waals surface area contributed by atoms with Gasteiger partial charge in [-0.25, -0.2) is 9.38 Å². The molecule has 5 aromatic rings. The maximum atomic E-state index is 6.42. The van der Waals surface area contributed by atoms with Crippen molar-refractivity contribution in [2.75, 3.05) is 24.5 Å². The number of benzene rings is 2. The predicted octanol–water partition coefficient (Wildman–Crippen LogP) is 4.90. The second-order valence-electron chi connectivity index (χ2n) is 8.45. The summed E-state index contributed by atoms with van der Waals surface area (Å²) in [5.74, 6) is 2.17. The lowest BCUT2D eigenvalue weighted by atomic mass is 10.1. The molecule has 8 heteroatoms. The number of hydrogen-bond acceptors (Lipinski definition) is 6. The quantitative estimate of drug-likeness (QED) is 0.381. The molecule has 0 saturated carbocycles. The van der Waals surface area contributed by atoms with Gasteiger partial charge in [0, 0.05) is 42.6 Å². The van der Waals surface area contributed by atoms with Gasteiger partial charge in [0.15, 0.2) is 11.4 Å². The Kier molecular flexibility index (Phi) is 5.00. The van der Waals surface area contributed by atoms with E-state index in [9.17, 15) is 0 Å². The van der Waals surface area contributed by atoms with E-state index in [0.29, 0.717) is 17.6 Å². The van der Waals surface area contributed by atoms with Crippen molar-refractivity contribution in [1.82, 2.24) is 24.5 Å². The molecule has 0 bridgehead atoms. The smallest absolute Gasteiger partial charge is 0.213 e. The molecule has 7 nitrogen and oxygen atoms in total. The van der Waals surface area contributed by atoms with E-state index in [1.165, 1.54) is 0 Å². The van der Waals surface area contributed by atoms with Gasteiger partial charge in [-0.05, 0) is 42.8 Å². The van der Waals surface area contributed by atoms with Gasteiger partial charge >= 0.3 is 0 Å². The number of furan rings is 1. The molecule has 0 aliphatic carbocycles. The Morgan fingerprint density at radius 2 is 1.85 bits per heavy atom. The second-order valence-corrected chi connectivity index (χ2v) is 8.85. The van der Waals surface area contributed by atoms with Crippen LogP contribution in [0.2, 0.25) is 5.02 Å². The van der Waals surface area contributed by atoms with Crippen LogP contribution in [0.25, 0.3) is 28.1 Å². The molecule has 166 valence electrons. The van der Waals surface area contributed by atoms with Crippen LogP contribution in [0.5, 0.6) is 0 Å². The molecule has 3 aromatic heterocycles. The number of rotatable bonds is 4. The summed E-state index contributed by atoms with van der Waals surface area (Å²) < 4.78 is 7.69. The van der Waals surface area contributed by atoms with Crippen LogP contribution in [0.4, 0.5) is 5.95 Å². The molecule has 6 rings (SSSR count). The lowest BCUT2D eigenvalue weighted by molar-refractivity contribution is 0.180. The standard InChI is InChI=1S/C25H23ClN6O/c1-17-15-31(13-12-30(17)16-18-7-2-4-9-20(18)26)25-27-21-10-5-3-8-19(21)23-28-29-24(32(23)25)22-11-6-14-33-22/h2-11,14,17H,12-13,15-16H2,1H3/t17-/m0/s1. The summed E-state index contributed by atoms with van der Waals surface area (Å²) in [6, 6.07) is 20.2. The lowest BCUT2D eigenvalue weighted by Crippen LogP contribution is -2.52. The van der Waals surface area contributed by atoms with Crippen LogP contribution in [-0.2, 0) is 6.54 Å². The van der Waals surface area contributed by atoms with Crippen molar-refractivity contribution < 1.29 is 4.42 Å². The number of halogens is 1. The molecular formula is C25H23ClN6O. The van der Waals surface area contributed by atoms with Crippen molar-refractivity contribution in [3.8, 4) is 11.6 Å². The summed E-state index contributed by atoms with van der Waals surface area (Å²) in [4.78, 5) is 9.85. The number of hydrogen-bond donors (Lipinski definition) is 0. The number of anilines is 1. The van der Waals surface area contributed by atoms with Crippen molar-refractivity contribution in [2.24, 2.45) is 0 Å². The summed E-state index contributed by atoms with van der Waals surface area (Å²) in [7, 11) is 0. The van der Waals surface area contributed by atoms with Gasteiger partial charge in [0.1, 0.15) is 0 Å². The maximum absolute atomic E-state index is 6.42. The first-order valence-corrected chi connectivity index (χ1v) is 11.5. The first-order chi connectivity index (χ1) is 16.2. The minimum Gasteiger partial charge on any atom is -0.461 e. The Balaban J connectivity index is 1.39. The zero-order chi connectivity index (χ0) is 22.4. The molecule has 1 saturated heterocycles. The fraction of sp³-hybridized carbons (Fsp3) is 0.240. The van der Waals surface area contributed by atoms with E-state index in [-0.39, 0.29) is 0 Å². The van der Waals surface area contributed by atoms with Crippen LogP contribution in [0.1, 0.15) is 12.5 Å². The molecule has 4 heterocycles. The fourth-order valence-corrected chi connectivity index (χ4v) is 4.80. The number of piperazine rings is 1. The van der Waals surface area contributed by atoms with Gasteiger partial charge in [-0.1, -0.05) is 41.9 Å². The average molecular weight is 459 g/mol. The third-order valence-electron chi connectivity index (χ3n) is 6.35. The van der Waals surface area contributed by atoms with Crippen molar-refractivity contribution >= 4 is 34.1 Å². The van der Waals surface area contributed by atoms with Crippen molar-refractivity contribution in [3.63, 3.8) is 0 Å². The molecular weight excluding hydrogens is 436 g/mol. The van der Waals surface area contributed by atoms with Crippen LogP contribution in [0, 0.1) is 0 Å². The second kappa shape index (κ2) is 8.17. The van der Waals surface area contributed by atoms with E-state index in [2.05, 4.69) is 33.0 Å². The summed E-state index contributed by atoms with van der Waals surface area (Å²) in [5.41, 5.74) is 2.85. The largest absolute Gasteiger partial charge is 0.461 e. The molecule has 1 fully saturated rings. The van der Waals surface area contributed by atoms with Crippen LogP contribution < -0.4 is 4.90 Å². The van der Waals surface area contributed by atoms with Crippen LogP contribution >= 0.6 is 11.6 Å². The molecule has 0 amide bonds. The molecule has 1 atom stereocenters. The van der Waals surface area contributed by atoms with E-state index in [1.54, 1.807) is 6.26 Å². The minimum absolute atomic E-state index is 0.321. The van der Waals surface area contributed by atoms with E-state index >= 15 is 0 Å². The van der Waals surface area contributed by atoms with Gasteiger partial charge in [-0.2, -0.15) is 0 Å². The van der Waals surface area contributed by atoms with Crippen molar-refractivity contribution in [2.45, 2.75) is 19.5 Å². The van der Waals surface area contributed by atoms with Gasteiger partial charge in [0.2, 0.25) is 11.8 Å². The van der Waals surface area contributed by atoms with Crippen LogP contribution in [-0.4, -0.2) is 50.2 Å². The zero-order valence-electron chi connectivity index (χ0n) is 18.2. The van der Waals surface area contributed by atoms with Crippen molar-refractivity contribution in [3.05, 3.63) is 77.5 Å². The summed E-state index contributed by atoms with van der Waals surface area (Å²) in [6.45, 7) is 5.66. The molecule has 0 N–H and O–H groups in total. The zero-order valence-corrected chi connectivity index (χ0v) is 19.0. The highest BCUT2D eigenvalue weighted by Gasteiger charge is 2.28. The number of para-hydroxylation sites is 1. The Labute approximate surface area is 196 Å². The molecule has 0 unspecified atom stereocenters. The van der Waals surface area contributed by atoms with Gasteiger partial charge in [0.25, 0.3) is 0 Å². The summed E-state index contributed by atoms with van der Waals surface area (Å²) >= 11 is 6.42. The highest BCUT2D eigenvalue weighted by Crippen LogP contribution is 2.30. The number of fused-ring (bicyclic) bond motifs is 3. The molecule has 0 radical (unpaired) electrons. The molecule has 33 heavy (non-hydrogen) atoms. The first kappa shape index (κ1) is 20.2. The first-order valence-electron chi connectivity index (χ1n) is 11.1. The normalized spacial score (nSPS) is 17.3. The predicted molar refractivity (Wildman–Crippen MR) is 130 cm³/mol. The topological polar surface area (TPSA) is 62.7 Å². The van der Waals surface area contributed by atoms with Crippen molar-refractivity contribution in [1.29, 1.82) is 0 Å². The fourth-order valence-electron chi connectivity index (χ4n) is 4.60. The van der Waals surface area contributed by atoms with E-state index in [0.717, 1.165) is 59.3 Å². The van der Waals surface area contributed by atoms with Gasteiger partial charge in [0.05, 0.1) is 11.8 Å². The molecule has 0 spiro atoms. The Morgan fingerprint density at radius 1 is 1.00 bits per heavy atom. The van der Waals surface area contributed by atoms with Gasteiger partial charge in [-0.15, -0.1) is 10.2 Å².